The van der Waals surface area contributed by atoms with Crippen molar-refractivity contribution in [2.75, 3.05) is 52.6 Å². The molecule has 0 bridgehead atoms. The number of morpholine rings is 2. The Hall–Kier alpha value is 2.50. The standard InChI is InChI=1S/C8H16Cl6N6O2P4/c9-23(10)15-25(13,19-1-5-21-6-2-19)16-24(11,12)18-26(14,17-23)20-3-7-22-8-4-20/h1-8H2/t25-,26-. The molecule has 0 saturated carbocycles. The van der Waals surface area contributed by atoms with Crippen LogP contribution in [-0.2, 0) is 9.47 Å². The molecule has 18 heteroatoms. The summed E-state index contributed by atoms with van der Waals surface area (Å²) >= 11 is 39.4. The van der Waals surface area contributed by atoms with E-state index in [2.05, 4.69) is 18.1 Å². The summed E-state index contributed by atoms with van der Waals surface area (Å²) < 4.78 is 32.2. The lowest BCUT2D eigenvalue weighted by Gasteiger charge is -2.36. The lowest BCUT2D eigenvalue weighted by Crippen LogP contribution is -2.32. The Morgan fingerprint density at radius 3 is 1.15 bits per heavy atom. The van der Waals surface area contributed by atoms with Crippen LogP contribution in [-0.4, -0.2) is 61.9 Å². The maximum Gasteiger partial charge on any atom is 0.257 e. The van der Waals surface area contributed by atoms with Gasteiger partial charge < -0.3 is 9.47 Å². The van der Waals surface area contributed by atoms with E-state index in [0.29, 0.717) is 52.6 Å². The van der Waals surface area contributed by atoms with Gasteiger partial charge in [0.1, 0.15) is 0 Å². The van der Waals surface area contributed by atoms with Crippen molar-refractivity contribution in [3.8, 4) is 0 Å². The van der Waals surface area contributed by atoms with E-state index in [0.717, 1.165) is 0 Å². The van der Waals surface area contributed by atoms with E-state index in [-0.39, 0.29) is 0 Å². The lowest BCUT2D eigenvalue weighted by atomic mass is 10.5. The molecule has 26 heavy (non-hydrogen) atoms. The van der Waals surface area contributed by atoms with Crippen LogP contribution in [0.3, 0.4) is 0 Å². The van der Waals surface area contributed by atoms with Crippen LogP contribution in [0.5, 0.6) is 0 Å². The second kappa shape index (κ2) is 8.93. The van der Waals surface area contributed by atoms with Gasteiger partial charge in [0.25, 0.3) is 11.8 Å². The first-order valence-electron chi connectivity index (χ1n) is 7.43. The lowest BCUT2D eigenvalue weighted by molar-refractivity contribution is 0.0748. The maximum atomic E-state index is 6.76. The highest BCUT2D eigenvalue weighted by Crippen LogP contribution is 2.87. The molecular weight excluding hydrogens is 549 g/mol. The number of hydrogen-bond acceptors (Lipinski definition) is 8. The van der Waals surface area contributed by atoms with Gasteiger partial charge in [-0.05, 0) is 67.4 Å². The van der Waals surface area contributed by atoms with Crippen molar-refractivity contribution >= 4 is 92.7 Å². The molecule has 2 atom stereocenters. The average Bonchev–Trinajstić information content (AvgIpc) is 2.53. The van der Waals surface area contributed by atoms with Crippen molar-refractivity contribution < 1.29 is 9.47 Å². The highest BCUT2D eigenvalue weighted by atomic mass is 35.9. The molecule has 0 aromatic rings. The molecule has 3 heterocycles. The second-order valence-electron chi connectivity index (χ2n) is 5.39. The highest BCUT2D eigenvalue weighted by molar-refractivity contribution is 8.19. The number of nitrogens with zero attached hydrogens (tertiary/aromatic N) is 6. The average molecular weight is 565 g/mol. The van der Waals surface area contributed by atoms with Crippen molar-refractivity contribution in [1.82, 2.24) is 9.34 Å². The first kappa shape index (κ1) is 23.2. The summed E-state index contributed by atoms with van der Waals surface area (Å²) in [6.45, 7) is -2.16. The fourth-order valence-electron chi connectivity index (χ4n) is 2.46. The minimum absolute atomic E-state index is 0.486. The van der Waals surface area contributed by atoms with E-state index >= 15 is 0 Å². The summed E-state index contributed by atoms with van der Waals surface area (Å²) in [4.78, 5) is 0. The first-order valence-corrected chi connectivity index (χ1v) is 19.5. The number of halogens is 6. The van der Waals surface area contributed by atoms with Crippen LogP contribution in [0.25, 0.3) is 0 Å². The summed E-state index contributed by atoms with van der Waals surface area (Å²) in [7, 11) is 0. The Bertz CT molecular complexity index is 705. The molecule has 0 spiro atoms. The molecule has 0 aromatic carbocycles. The Morgan fingerprint density at radius 2 is 0.846 bits per heavy atom. The van der Waals surface area contributed by atoms with Gasteiger partial charge in [-0.1, -0.05) is 0 Å². The second-order valence-corrected chi connectivity index (χ2v) is 22.6. The largest absolute Gasteiger partial charge is 0.379 e. The van der Waals surface area contributed by atoms with E-state index < -0.39 is 25.2 Å². The molecule has 8 nitrogen and oxygen atoms in total. The SMILES string of the molecule is ClP1(Cl)=N[P@](Cl)(N2CCOCC2)=NP(Cl)(Cl)=N[P@@](Cl)(N2CCOCC2)=N1. The molecule has 2 fully saturated rings. The zero-order valence-electron chi connectivity index (χ0n) is 13.2. The van der Waals surface area contributed by atoms with Gasteiger partial charge in [-0.25, -0.2) is 9.34 Å². The van der Waals surface area contributed by atoms with Crippen molar-refractivity contribution in [2.24, 2.45) is 18.1 Å². The van der Waals surface area contributed by atoms with Gasteiger partial charge in [-0.15, -0.1) is 0 Å². The zero-order valence-corrected chi connectivity index (χ0v) is 21.3. The smallest absolute Gasteiger partial charge is 0.257 e. The van der Waals surface area contributed by atoms with Crippen LogP contribution < -0.4 is 0 Å². The minimum Gasteiger partial charge on any atom is -0.379 e. The van der Waals surface area contributed by atoms with Crippen molar-refractivity contribution in [2.45, 2.75) is 0 Å². The molecule has 0 aliphatic carbocycles. The minimum atomic E-state index is -3.26. The summed E-state index contributed by atoms with van der Waals surface area (Å²) in [6.07, 6.45) is 0. The molecule has 0 radical (unpaired) electrons. The van der Waals surface area contributed by atoms with Crippen molar-refractivity contribution in [1.29, 1.82) is 0 Å². The third-order valence-electron chi connectivity index (χ3n) is 3.58. The van der Waals surface area contributed by atoms with Crippen LogP contribution >= 0.6 is 92.7 Å². The summed E-state index contributed by atoms with van der Waals surface area (Å²) in [5.41, 5.74) is 0. The van der Waals surface area contributed by atoms with Crippen molar-refractivity contribution in [3.63, 3.8) is 0 Å². The zero-order chi connectivity index (χ0) is 19.1. The van der Waals surface area contributed by atoms with E-state index in [1.165, 1.54) is 0 Å². The Morgan fingerprint density at radius 1 is 0.538 bits per heavy atom. The molecule has 3 aliphatic rings. The van der Waals surface area contributed by atoms with E-state index in [4.69, 9.17) is 76.9 Å². The molecule has 0 amide bonds. The predicted octanol–water partition coefficient (Wildman–Crippen LogP) is 7.88. The monoisotopic (exact) mass is 562 g/mol. The number of rotatable bonds is 2. The fourth-order valence-corrected chi connectivity index (χ4v) is 25.6. The van der Waals surface area contributed by atoms with Crippen molar-refractivity contribution in [3.05, 3.63) is 0 Å². The van der Waals surface area contributed by atoms with Gasteiger partial charge in [-0.3, -0.25) is 0 Å². The number of ether oxygens (including phenoxy) is 2. The normalized spacial score (nSPS) is 38.7. The molecular formula is C8H16Cl6N6O2P4. The predicted molar refractivity (Wildman–Crippen MR) is 117 cm³/mol. The van der Waals surface area contributed by atoms with Gasteiger partial charge in [0, 0.05) is 26.2 Å². The van der Waals surface area contributed by atoms with Gasteiger partial charge in [0.2, 0.25) is 13.4 Å². The molecule has 2 saturated heterocycles. The molecule has 3 aliphatic heterocycles. The molecule has 0 unspecified atom stereocenters. The Labute approximate surface area is 181 Å². The molecule has 3 rings (SSSR count). The molecule has 0 N–H and O–H groups in total. The maximum absolute atomic E-state index is 6.76. The van der Waals surface area contributed by atoms with E-state index in [1.807, 2.05) is 9.34 Å². The van der Waals surface area contributed by atoms with Gasteiger partial charge in [0.05, 0.1) is 26.4 Å². The topological polar surface area (TPSA) is 74.4 Å². The fraction of sp³-hybridized carbons (Fsp3) is 1.00. The first-order chi connectivity index (χ1) is 12.0. The van der Waals surface area contributed by atoms with Gasteiger partial charge in [0.15, 0.2) is 0 Å². The van der Waals surface area contributed by atoms with E-state index in [9.17, 15) is 0 Å². The summed E-state index contributed by atoms with van der Waals surface area (Å²) in [6, 6.07) is 0. The van der Waals surface area contributed by atoms with Crippen LogP contribution in [0.2, 0.25) is 0 Å². The molecule has 152 valence electrons. The Balaban J connectivity index is 2.13. The Kier molecular flexibility index (Phi) is 7.96. The highest BCUT2D eigenvalue weighted by Gasteiger charge is 2.39. The molecule has 0 aromatic heterocycles. The quantitative estimate of drug-likeness (QED) is 0.320. The number of hydrogen-bond donors (Lipinski definition) is 0. The van der Waals surface area contributed by atoms with Crippen LogP contribution in [0.4, 0.5) is 0 Å². The van der Waals surface area contributed by atoms with Gasteiger partial charge in [-0.2, -0.15) is 18.1 Å². The van der Waals surface area contributed by atoms with Crippen LogP contribution in [0.15, 0.2) is 18.1 Å². The third-order valence-corrected chi connectivity index (χ3v) is 21.5. The van der Waals surface area contributed by atoms with E-state index in [1.54, 1.807) is 0 Å². The third kappa shape index (κ3) is 5.80. The van der Waals surface area contributed by atoms with Gasteiger partial charge >= 0.3 is 0 Å². The van der Waals surface area contributed by atoms with Crippen LogP contribution in [0.1, 0.15) is 0 Å². The van der Waals surface area contributed by atoms with Crippen LogP contribution in [0, 0.1) is 0 Å². The summed E-state index contributed by atoms with van der Waals surface area (Å²) in [5.74, 6) is -6.53. The summed E-state index contributed by atoms with van der Waals surface area (Å²) in [5, 5.41) is 0.